The summed E-state index contributed by atoms with van der Waals surface area (Å²) in [4.78, 5) is 12.1. The number of ketones is 1. The van der Waals surface area contributed by atoms with Gasteiger partial charge in [-0.2, -0.15) is 0 Å². The molecular formula is C20H14BrClO3. The highest BCUT2D eigenvalue weighted by Gasteiger charge is 2.05. The van der Waals surface area contributed by atoms with Gasteiger partial charge in [0.2, 0.25) is 0 Å². The van der Waals surface area contributed by atoms with E-state index in [9.17, 15) is 4.79 Å². The Balaban J connectivity index is 1.60. The van der Waals surface area contributed by atoms with Gasteiger partial charge in [-0.3, -0.25) is 4.79 Å². The Morgan fingerprint density at radius 1 is 1.08 bits per heavy atom. The Morgan fingerprint density at radius 2 is 1.84 bits per heavy atom. The first kappa shape index (κ1) is 17.5. The Hall–Kier alpha value is -2.30. The molecule has 0 aliphatic rings. The third-order valence-electron chi connectivity index (χ3n) is 3.42. The number of hydrogen-bond acceptors (Lipinski definition) is 3. The van der Waals surface area contributed by atoms with Gasteiger partial charge in [-0.15, -0.1) is 0 Å². The summed E-state index contributed by atoms with van der Waals surface area (Å²) in [5.74, 6) is 1.75. The molecule has 25 heavy (non-hydrogen) atoms. The third-order valence-corrected chi connectivity index (χ3v) is 4.26. The van der Waals surface area contributed by atoms with Crippen molar-refractivity contribution in [2.75, 3.05) is 0 Å². The minimum absolute atomic E-state index is 0.0854. The van der Waals surface area contributed by atoms with Crippen molar-refractivity contribution in [3.8, 4) is 5.75 Å². The Labute approximate surface area is 159 Å². The lowest BCUT2D eigenvalue weighted by Gasteiger charge is -2.05. The maximum Gasteiger partial charge on any atom is 0.185 e. The molecule has 0 unspecified atom stereocenters. The zero-order valence-electron chi connectivity index (χ0n) is 13.1. The van der Waals surface area contributed by atoms with Crippen molar-refractivity contribution in [2.45, 2.75) is 6.61 Å². The summed E-state index contributed by atoms with van der Waals surface area (Å²) in [5.41, 5.74) is 0.619. The minimum Gasteiger partial charge on any atom is -0.484 e. The summed E-state index contributed by atoms with van der Waals surface area (Å²) < 4.78 is 12.2. The van der Waals surface area contributed by atoms with Crippen LogP contribution >= 0.6 is 27.5 Å². The van der Waals surface area contributed by atoms with Crippen LogP contribution in [-0.2, 0) is 6.61 Å². The number of furan rings is 1. The second-order valence-corrected chi connectivity index (χ2v) is 6.55. The number of benzene rings is 2. The van der Waals surface area contributed by atoms with Gasteiger partial charge in [0.05, 0.1) is 5.02 Å². The SMILES string of the molecule is O=C(/C=C/c1ccc(COc2ccccc2Cl)o1)c1ccc(Br)cc1. The lowest BCUT2D eigenvalue weighted by atomic mass is 10.1. The molecule has 0 N–H and O–H groups in total. The summed E-state index contributed by atoms with van der Waals surface area (Å²) in [6.45, 7) is 0.262. The monoisotopic (exact) mass is 416 g/mol. The standard InChI is InChI=1S/C20H14BrClO3/c21-15-7-5-14(6-8-15)19(23)12-11-16-9-10-17(25-16)13-24-20-4-2-1-3-18(20)22/h1-12H,13H2/b12-11+. The molecule has 0 saturated carbocycles. The van der Waals surface area contributed by atoms with Gasteiger partial charge in [0.1, 0.15) is 23.9 Å². The summed E-state index contributed by atoms with van der Waals surface area (Å²) in [6.07, 6.45) is 3.13. The van der Waals surface area contributed by atoms with Crippen LogP contribution in [0.4, 0.5) is 0 Å². The van der Waals surface area contributed by atoms with Crippen LogP contribution in [0.15, 0.2) is 75.6 Å². The van der Waals surface area contributed by atoms with E-state index < -0.39 is 0 Å². The minimum atomic E-state index is -0.0854. The summed E-state index contributed by atoms with van der Waals surface area (Å²) in [6, 6.07) is 18.0. The van der Waals surface area contributed by atoms with Crippen molar-refractivity contribution in [3.63, 3.8) is 0 Å². The van der Waals surface area contributed by atoms with Crippen LogP contribution in [0.1, 0.15) is 21.9 Å². The lowest BCUT2D eigenvalue weighted by Crippen LogP contribution is -1.94. The number of allylic oxidation sites excluding steroid dienone is 1. The van der Waals surface area contributed by atoms with E-state index in [4.69, 9.17) is 20.8 Å². The molecule has 0 saturated heterocycles. The molecule has 0 amide bonds. The van der Waals surface area contributed by atoms with E-state index in [1.54, 1.807) is 42.5 Å². The van der Waals surface area contributed by atoms with Crippen LogP contribution < -0.4 is 4.74 Å². The first-order valence-electron chi connectivity index (χ1n) is 7.56. The van der Waals surface area contributed by atoms with E-state index in [2.05, 4.69) is 15.9 Å². The van der Waals surface area contributed by atoms with Crippen molar-refractivity contribution in [3.05, 3.63) is 93.3 Å². The number of hydrogen-bond donors (Lipinski definition) is 0. The maximum atomic E-state index is 12.1. The fraction of sp³-hybridized carbons (Fsp3) is 0.0500. The van der Waals surface area contributed by atoms with Crippen LogP contribution in [0.3, 0.4) is 0 Å². The molecule has 0 spiro atoms. The van der Waals surface area contributed by atoms with E-state index in [-0.39, 0.29) is 12.4 Å². The smallest absolute Gasteiger partial charge is 0.185 e. The van der Waals surface area contributed by atoms with Crippen molar-refractivity contribution in [1.82, 2.24) is 0 Å². The molecule has 0 bridgehead atoms. The first-order valence-corrected chi connectivity index (χ1v) is 8.73. The van der Waals surface area contributed by atoms with Crippen molar-refractivity contribution >= 4 is 39.4 Å². The molecule has 0 aliphatic carbocycles. The maximum absolute atomic E-state index is 12.1. The average molecular weight is 418 g/mol. The molecule has 3 nitrogen and oxygen atoms in total. The number of rotatable bonds is 6. The summed E-state index contributed by atoms with van der Waals surface area (Å²) in [5, 5.41) is 0.550. The molecule has 1 aromatic heterocycles. The van der Waals surface area contributed by atoms with Gasteiger partial charge in [0, 0.05) is 10.0 Å². The van der Waals surface area contributed by atoms with E-state index in [0.717, 1.165) is 4.47 Å². The Kier molecular flexibility index (Phi) is 5.74. The van der Waals surface area contributed by atoms with E-state index >= 15 is 0 Å². The number of ether oxygens (including phenoxy) is 1. The molecule has 126 valence electrons. The van der Waals surface area contributed by atoms with Crippen LogP contribution in [-0.4, -0.2) is 5.78 Å². The van der Waals surface area contributed by atoms with Gasteiger partial charge in [-0.1, -0.05) is 39.7 Å². The zero-order chi connectivity index (χ0) is 17.6. The van der Waals surface area contributed by atoms with Crippen LogP contribution in [0.5, 0.6) is 5.75 Å². The molecule has 0 atom stereocenters. The molecule has 0 fully saturated rings. The largest absolute Gasteiger partial charge is 0.484 e. The predicted octanol–water partition coefficient (Wildman–Crippen LogP) is 6.17. The normalized spacial score (nSPS) is 11.0. The van der Waals surface area contributed by atoms with Gasteiger partial charge in [-0.05, 0) is 60.7 Å². The molecule has 2 aromatic carbocycles. The van der Waals surface area contributed by atoms with E-state index in [0.29, 0.717) is 27.9 Å². The first-order chi connectivity index (χ1) is 12.1. The van der Waals surface area contributed by atoms with Crippen molar-refractivity contribution < 1.29 is 13.9 Å². The number of carbonyl (C=O) groups excluding carboxylic acids is 1. The number of halogens is 2. The second kappa shape index (κ2) is 8.19. The summed E-state index contributed by atoms with van der Waals surface area (Å²) in [7, 11) is 0. The lowest BCUT2D eigenvalue weighted by molar-refractivity contribution is 0.104. The molecule has 3 rings (SSSR count). The van der Waals surface area contributed by atoms with Crippen LogP contribution in [0.2, 0.25) is 5.02 Å². The van der Waals surface area contributed by atoms with Crippen molar-refractivity contribution in [2.24, 2.45) is 0 Å². The molecule has 0 aliphatic heterocycles. The fourth-order valence-electron chi connectivity index (χ4n) is 2.14. The van der Waals surface area contributed by atoms with Gasteiger partial charge in [0.25, 0.3) is 0 Å². The Morgan fingerprint density at radius 3 is 2.60 bits per heavy atom. The fourth-order valence-corrected chi connectivity index (χ4v) is 2.60. The molecule has 3 aromatic rings. The highest BCUT2D eigenvalue weighted by atomic mass is 79.9. The van der Waals surface area contributed by atoms with E-state index in [1.807, 2.05) is 24.3 Å². The number of para-hydroxylation sites is 1. The average Bonchev–Trinajstić information content (AvgIpc) is 3.07. The second-order valence-electron chi connectivity index (χ2n) is 5.23. The van der Waals surface area contributed by atoms with Gasteiger partial charge in [-0.25, -0.2) is 0 Å². The molecule has 5 heteroatoms. The topological polar surface area (TPSA) is 39.4 Å². The molecule has 1 heterocycles. The van der Waals surface area contributed by atoms with Crippen molar-refractivity contribution in [1.29, 1.82) is 0 Å². The molecule has 0 radical (unpaired) electrons. The highest BCUT2D eigenvalue weighted by molar-refractivity contribution is 9.10. The summed E-state index contributed by atoms with van der Waals surface area (Å²) >= 11 is 9.39. The predicted molar refractivity (Wildman–Crippen MR) is 102 cm³/mol. The zero-order valence-corrected chi connectivity index (χ0v) is 15.5. The highest BCUT2D eigenvalue weighted by Crippen LogP contribution is 2.24. The van der Waals surface area contributed by atoms with Gasteiger partial charge in [0.15, 0.2) is 5.78 Å². The Bertz CT molecular complexity index is 897. The van der Waals surface area contributed by atoms with E-state index in [1.165, 1.54) is 6.08 Å². The van der Waals surface area contributed by atoms with Crippen LogP contribution in [0, 0.1) is 0 Å². The molecular weight excluding hydrogens is 404 g/mol. The third kappa shape index (κ3) is 4.84. The van der Waals surface area contributed by atoms with Crippen LogP contribution in [0.25, 0.3) is 6.08 Å². The van der Waals surface area contributed by atoms with Gasteiger partial charge < -0.3 is 9.15 Å². The quantitative estimate of drug-likeness (QED) is 0.355. The number of carbonyl (C=O) groups is 1. The van der Waals surface area contributed by atoms with Gasteiger partial charge >= 0.3 is 0 Å².